The summed E-state index contributed by atoms with van der Waals surface area (Å²) in [5, 5.41) is 7.54. The van der Waals surface area contributed by atoms with E-state index in [-0.39, 0.29) is 17.7 Å². The van der Waals surface area contributed by atoms with E-state index in [4.69, 9.17) is 0 Å². The van der Waals surface area contributed by atoms with E-state index in [2.05, 4.69) is 10.6 Å². The van der Waals surface area contributed by atoms with Crippen LogP contribution in [0.4, 0.5) is 0 Å². The van der Waals surface area contributed by atoms with Gasteiger partial charge in [0.15, 0.2) is 0 Å². The van der Waals surface area contributed by atoms with Gasteiger partial charge in [-0.15, -0.1) is 11.3 Å². The first kappa shape index (κ1) is 16.2. The Labute approximate surface area is 134 Å². The quantitative estimate of drug-likeness (QED) is 0.805. The largest absolute Gasteiger partial charge is 0.354 e. The first-order valence-electron chi connectivity index (χ1n) is 7.28. The zero-order valence-electron chi connectivity index (χ0n) is 12.8. The van der Waals surface area contributed by atoms with Gasteiger partial charge in [-0.1, -0.05) is 44.2 Å². The fraction of sp³-hybridized carbons (Fsp3) is 0.294. The second-order valence-corrected chi connectivity index (χ2v) is 6.15. The molecule has 0 aliphatic carbocycles. The maximum atomic E-state index is 12.3. The van der Waals surface area contributed by atoms with Crippen LogP contribution in [0, 0.1) is 5.92 Å². The standard InChI is InChI=1S/C17H20N2O2S/c1-12(2)16(20)18-9-10-19-17(21)15-14(8-11-22-15)13-6-4-3-5-7-13/h3-8,11-12H,9-10H2,1-2H3,(H,18,20)(H,19,21). The first-order chi connectivity index (χ1) is 10.6. The molecule has 22 heavy (non-hydrogen) atoms. The van der Waals surface area contributed by atoms with Gasteiger partial charge in [-0.25, -0.2) is 0 Å². The SMILES string of the molecule is CC(C)C(=O)NCCNC(=O)c1sccc1-c1ccccc1. The van der Waals surface area contributed by atoms with E-state index in [0.29, 0.717) is 18.0 Å². The van der Waals surface area contributed by atoms with Crippen molar-refractivity contribution >= 4 is 23.2 Å². The number of carbonyl (C=O) groups excluding carboxylic acids is 2. The van der Waals surface area contributed by atoms with Crippen LogP contribution in [0.5, 0.6) is 0 Å². The van der Waals surface area contributed by atoms with E-state index >= 15 is 0 Å². The van der Waals surface area contributed by atoms with Crippen LogP contribution in [0.3, 0.4) is 0 Å². The minimum Gasteiger partial charge on any atom is -0.354 e. The smallest absolute Gasteiger partial charge is 0.262 e. The lowest BCUT2D eigenvalue weighted by Gasteiger charge is -2.09. The highest BCUT2D eigenvalue weighted by molar-refractivity contribution is 7.12. The molecule has 2 amide bonds. The molecule has 1 aromatic carbocycles. The third kappa shape index (κ3) is 4.18. The van der Waals surface area contributed by atoms with Crippen molar-refractivity contribution in [1.82, 2.24) is 10.6 Å². The molecule has 116 valence electrons. The van der Waals surface area contributed by atoms with Crippen molar-refractivity contribution in [2.24, 2.45) is 5.92 Å². The van der Waals surface area contributed by atoms with Crippen molar-refractivity contribution in [2.75, 3.05) is 13.1 Å². The maximum Gasteiger partial charge on any atom is 0.262 e. The molecule has 0 saturated carbocycles. The van der Waals surface area contributed by atoms with E-state index < -0.39 is 0 Å². The van der Waals surface area contributed by atoms with Gasteiger partial charge in [0.25, 0.3) is 5.91 Å². The molecule has 0 atom stereocenters. The highest BCUT2D eigenvalue weighted by Gasteiger charge is 2.14. The summed E-state index contributed by atoms with van der Waals surface area (Å²) in [6.45, 7) is 4.54. The Hall–Kier alpha value is -2.14. The molecule has 1 heterocycles. The molecule has 0 aliphatic heterocycles. The predicted molar refractivity (Wildman–Crippen MR) is 89.9 cm³/mol. The monoisotopic (exact) mass is 316 g/mol. The molecule has 0 unspecified atom stereocenters. The normalized spacial score (nSPS) is 10.5. The Morgan fingerprint density at radius 3 is 2.41 bits per heavy atom. The minimum absolute atomic E-state index is 0.00431. The fourth-order valence-electron chi connectivity index (χ4n) is 1.98. The van der Waals surface area contributed by atoms with Crippen LogP contribution in [0.15, 0.2) is 41.8 Å². The fourth-order valence-corrected chi connectivity index (χ4v) is 2.81. The lowest BCUT2D eigenvalue weighted by atomic mass is 10.1. The summed E-state index contributed by atoms with van der Waals surface area (Å²) in [6.07, 6.45) is 0. The van der Waals surface area contributed by atoms with Crippen molar-refractivity contribution in [1.29, 1.82) is 0 Å². The summed E-state index contributed by atoms with van der Waals surface area (Å²) in [5.41, 5.74) is 1.97. The Morgan fingerprint density at radius 2 is 1.73 bits per heavy atom. The molecule has 2 aromatic rings. The first-order valence-corrected chi connectivity index (χ1v) is 8.16. The minimum atomic E-state index is -0.104. The molecule has 2 N–H and O–H groups in total. The highest BCUT2D eigenvalue weighted by atomic mass is 32.1. The summed E-state index contributed by atoms with van der Waals surface area (Å²) < 4.78 is 0. The lowest BCUT2D eigenvalue weighted by molar-refractivity contribution is -0.123. The van der Waals surface area contributed by atoms with E-state index in [0.717, 1.165) is 11.1 Å². The topological polar surface area (TPSA) is 58.2 Å². The van der Waals surface area contributed by atoms with Crippen LogP contribution in [0.1, 0.15) is 23.5 Å². The van der Waals surface area contributed by atoms with Gasteiger partial charge in [0.05, 0.1) is 4.88 Å². The maximum absolute atomic E-state index is 12.3. The number of nitrogens with one attached hydrogen (secondary N) is 2. The summed E-state index contributed by atoms with van der Waals surface area (Å²) in [6, 6.07) is 11.8. The molecule has 2 rings (SSSR count). The van der Waals surface area contributed by atoms with Gasteiger partial charge in [-0.3, -0.25) is 9.59 Å². The summed E-state index contributed by atoms with van der Waals surface area (Å²) in [7, 11) is 0. The number of amides is 2. The van der Waals surface area contributed by atoms with Gasteiger partial charge in [0, 0.05) is 24.6 Å². The van der Waals surface area contributed by atoms with E-state index in [1.807, 2.05) is 55.6 Å². The van der Waals surface area contributed by atoms with Crippen LogP contribution in [0.2, 0.25) is 0 Å². The van der Waals surface area contributed by atoms with Crippen LogP contribution in [-0.4, -0.2) is 24.9 Å². The van der Waals surface area contributed by atoms with Gasteiger partial charge in [-0.2, -0.15) is 0 Å². The van der Waals surface area contributed by atoms with Gasteiger partial charge in [0.1, 0.15) is 0 Å². The van der Waals surface area contributed by atoms with Crippen molar-refractivity contribution in [3.8, 4) is 11.1 Å². The van der Waals surface area contributed by atoms with Gasteiger partial charge >= 0.3 is 0 Å². The molecule has 0 saturated heterocycles. The van der Waals surface area contributed by atoms with Crippen molar-refractivity contribution in [3.05, 3.63) is 46.7 Å². The second kappa shape index (κ2) is 7.75. The Bertz CT molecular complexity index is 635. The van der Waals surface area contributed by atoms with Gasteiger partial charge < -0.3 is 10.6 Å². The van der Waals surface area contributed by atoms with Crippen molar-refractivity contribution in [2.45, 2.75) is 13.8 Å². The van der Waals surface area contributed by atoms with E-state index in [1.54, 1.807) is 0 Å². The van der Waals surface area contributed by atoms with Crippen LogP contribution < -0.4 is 10.6 Å². The second-order valence-electron chi connectivity index (χ2n) is 5.23. The molecular formula is C17H20N2O2S. The zero-order chi connectivity index (χ0) is 15.9. The van der Waals surface area contributed by atoms with E-state index in [9.17, 15) is 9.59 Å². The van der Waals surface area contributed by atoms with Crippen molar-refractivity contribution in [3.63, 3.8) is 0 Å². The molecular weight excluding hydrogens is 296 g/mol. The molecule has 1 aromatic heterocycles. The molecule has 4 nitrogen and oxygen atoms in total. The number of benzene rings is 1. The molecule has 5 heteroatoms. The number of thiophene rings is 1. The number of hydrogen-bond donors (Lipinski definition) is 2. The number of rotatable bonds is 6. The summed E-state index contributed by atoms with van der Waals surface area (Å²) >= 11 is 1.42. The number of hydrogen-bond acceptors (Lipinski definition) is 3. The lowest BCUT2D eigenvalue weighted by Crippen LogP contribution is -2.36. The van der Waals surface area contributed by atoms with Crippen LogP contribution >= 0.6 is 11.3 Å². The summed E-state index contributed by atoms with van der Waals surface area (Å²) in [4.78, 5) is 24.4. The van der Waals surface area contributed by atoms with Crippen LogP contribution in [0.25, 0.3) is 11.1 Å². The highest BCUT2D eigenvalue weighted by Crippen LogP contribution is 2.27. The average Bonchev–Trinajstić information content (AvgIpc) is 3.01. The Kier molecular flexibility index (Phi) is 5.72. The third-order valence-corrected chi connectivity index (χ3v) is 4.10. The summed E-state index contributed by atoms with van der Waals surface area (Å²) in [5.74, 6) is -0.152. The molecule has 0 aliphatic rings. The predicted octanol–water partition coefficient (Wildman–Crippen LogP) is 2.92. The number of carbonyl (C=O) groups is 2. The van der Waals surface area contributed by atoms with Crippen LogP contribution in [-0.2, 0) is 4.79 Å². The molecule has 0 radical (unpaired) electrons. The molecule has 0 spiro atoms. The molecule has 0 fully saturated rings. The zero-order valence-corrected chi connectivity index (χ0v) is 13.6. The van der Waals surface area contributed by atoms with Gasteiger partial charge in [0.2, 0.25) is 5.91 Å². The molecule has 0 bridgehead atoms. The van der Waals surface area contributed by atoms with Gasteiger partial charge in [-0.05, 0) is 17.0 Å². The Balaban J connectivity index is 1.92. The average molecular weight is 316 g/mol. The van der Waals surface area contributed by atoms with E-state index in [1.165, 1.54) is 11.3 Å². The van der Waals surface area contributed by atoms with Crippen molar-refractivity contribution < 1.29 is 9.59 Å². The third-order valence-electron chi connectivity index (χ3n) is 3.19. The Morgan fingerprint density at radius 1 is 1.05 bits per heavy atom.